The van der Waals surface area contributed by atoms with Crippen LogP contribution in [-0.2, 0) is 15.9 Å². The molecule has 2 fully saturated rings. The van der Waals surface area contributed by atoms with Gasteiger partial charge in [-0.15, -0.1) is 0 Å². The number of benzene rings is 1. The van der Waals surface area contributed by atoms with E-state index in [1.54, 1.807) is 4.90 Å². The van der Waals surface area contributed by atoms with Crippen molar-refractivity contribution in [2.24, 2.45) is 5.92 Å². The maximum absolute atomic E-state index is 12.3. The van der Waals surface area contributed by atoms with Crippen LogP contribution >= 0.6 is 11.6 Å². The second kappa shape index (κ2) is 10.0. The number of nitrogens with one attached hydrogen (secondary N) is 2. The Morgan fingerprint density at radius 1 is 1.30 bits per heavy atom. The molecular weight excluding hydrogens is 402 g/mol. The van der Waals surface area contributed by atoms with Crippen molar-refractivity contribution in [2.45, 2.75) is 71.1 Å². The molecule has 3 rings (SSSR count). The van der Waals surface area contributed by atoms with E-state index in [1.807, 2.05) is 32.9 Å². The average molecular weight is 436 g/mol. The smallest absolute Gasteiger partial charge is 0.410 e. The van der Waals surface area contributed by atoms with Crippen LogP contribution < -0.4 is 5.32 Å². The van der Waals surface area contributed by atoms with Crippen molar-refractivity contribution in [1.82, 2.24) is 4.90 Å². The third kappa shape index (κ3) is 6.35. The first-order valence-corrected chi connectivity index (χ1v) is 11.3. The number of piperidine rings is 1. The van der Waals surface area contributed by atoms with Gasteiger partial charge in [-0.2, -0.15) is 0 Å². The second-order valence-electron chi connectivity index (χ2n) is 9.28. The molecule has 0 aromatic heterocycles. The Labute approximate surface area is 184 Å². The van der Waals surface area contributed by atoms with Gasteiger partial charge in [0, 0.05) is 42.2 Å². The van der Waals surface area contributed by atoms with Gasteiger partial charge in [-0.1, -0.05) is 11.6 Å². The van der Waals surface area contributed by atoms with Crippen molar-refractivity contribution >= 4 is 29.6 Å². The van der Waals surface area contributed by atoms with E-state index < -0.39 is 5.60 Å². The number of ether oxygens (including phenoxy) is 2. The molecule has 0 aliphatic carbocycles. The maximum atomic E-state index is 12.3. The number of hydrogen-bond acceptors (Lipinski definition) is 5. The Morgan fingerprint density at radius 3 is 2.63 bits per heavy atom. The van der Waals surface area contributed by atoms with Crippen LogP contribution in [0.5, 0.6) is 0 Å². The zero-order chi connectivity index (χ0) is 21.7. The van der Waals surface area contributed by atoms with Gasteiger partial charge in [0.15, 0.2) is 0 Å². The van der Waals surface area contributed by atoms with Crippen molar-refractivity contribution in [3.63, 3.8) is 0 Å². The van der Waals surface area contributed by atoms with Crippen LogP contribution in [0.2, 0.25) is 5.02 Å². The zero-order valence-electron chi connectivity index (χ0n) is 18.3. The first kappa shape index (κ1) is 22.9. The minimum Gasteiger partial charge on any atom is -0.444 e. The molecule has 2 heterocycles. The zero-order valence-corrected chi connectivity index (χ0v) is 19.1. The molecule has 2 N–H and O–H groups in total. The van der Waals surface area contributed by atoms with Crippen molar-refractivity contribution in [1.29, 1.82) is 5.41 Å². The topological polar surface area (TPSA) is 74.7 Å². The SMILES string of the molecule is CC(C)(C)OC(=O)N1CCC(Cc2cc(Cl)cc(NC3CCCCO3)c2C=N)CC1. The Balaban J connectivity index is 1.64. The summed E-state index contributed by atoms with van der Waals surface area (Å²) < 4.78 is 11.3. The molecule has 1 atom stereocenters. The minimum atomic E-state index is -0.473. The van der Waals surface area contributed by atoms with E-state index in [9.17, 15) is 4.79 Å². The molecule has 1 amide bonds. The summed E-state index contributed by atoms with van der Waals surface area (Å²) in [6, 6.07) is 3.85. The van der Waals surface area contributed by atoms with Crippen molar-refractivity contribution in [3.05, 3.63) is 28.3 Å². The number of anilines is 1. The highest BCUT2D eigenvalue weighted by molar-refractivity contribution is 6.31. The van der Waals surface area contributed by atoms with E-state index in [0.717, 1.165) is 61.9 Å². The number of likely N-dealkylation sites (tertiary alicyclic amines) is 1. The molecule has 0 bridgehead atoms. The lowest BCUT2D eigenvalue weighted by atomic mass is 9.88. The maximum Gasteiger partial charge on any atom is 0.410 e. The van der Waals surface area contributed by atoms with E-state index in [1.165, 1.54) is 6.21 Å². The summed E-state index contributed by atoms with van der Waals surface area (Å²) in [4.78, 5) is 14.1. The molecule has 1 unspecified atom stereocenters. The van der Waals surface area contributed by atoms with Crippen LogP contribution in [0.1, 0.15) is 64.0 Å². The van der Waals surface area contributed by atoms with E-state index in [-0.39, 0.29) is 12.3 Å². The molecule has 2 saturated heterocycles. The van der Waals surface area contributed by atoms with Gasteiger partial charge in [-0.3, -0.25) is 0 Å². The van der Waals surface area contributed by atoms with Crippen molar-refractivity contribution in [3.8, 4) is 0 Å². The van der Waals surface area contributed by atoms with Gasteiger partial charge >= 0.3 is 6.09 Å². The van der Waals surface area contributed by atoms with Crippen LogP contribution in [0.15, 0.2) is 12.1 Å². The predicted molar refractivity (Wildman–Crippen MR) is 121 cm³/mol. The van der Waals surface area contributed by atoms with Gasteiger partial charge in [0.1, 0.15) is 11.8 Å². The highest BCUT2D eigenvalue weighted by atomic mass is 35.5. The van der Waals surface area contributed by atoms with E-state index >= 15 is 0 Å². The molecule has 0 saturated carbocycles. The molecule has 0 radical (unpaired) electrons. The Morgan fingerprint density at radius 2 is 2.03 bits per heavy atom. The fourth-order valence-corrected chi connectivity index (χ4v) is 4.36. The first-order chi connectivity index (χ1) is 14.2. The molecular formula is C23H34ClN3O3. The third-order valence-corrected chi connectivity index (χ3v) is 5.86. The number of carbonyl (C=O) groups excluding carboxylic acids is 1. The monoisotopic (exact) mass is 435 g/mol. The standard InChI is InChI=1S/C23H34ClN3O3/c1-23(2,3)30-22(28)27-9-7-16(8-10-27)12-17-13-18(24)14-20(19(17)15-25)26-21-6-4-5-11-29-21/h13-16,21,25-26H,4-12H2,1-3H3. The fourth-order valence-electron chi connectivity index (χ4n) is 4.12. The van der Waals surface area contributed by atoms with Crippen molar-refractivity contribution < 1.29 is 14.3 Å². The molecule has 7 heteroatoms. The second-order valence-corrected chi connectivity index (χ2v) is 9.72. The van der Waals surface area contributed by atoms with Crippen molar-refractivity contribution in [2.75, 3.05) is 25.0 Å². The summed E-state index contributed by atoms with van der Waals surface area (Å²) in [5.41, 5.74) is 2.35. The summed E-state index contributed by atoms with van der Waals surface area (Å²) >= 11 is 6.42. The highest BCUT2D eigenvalue weighted by Crippen LogP contribution is 2.31. The Bertz CT molecular complexity index is 749. The first-order valence-electron chi connectivity index (χ1n) is 10.9. The summed E-state index contributed by atoms with van der Waals surface area (Å²) in [5, 5.41) is 12.1. The van der Waals surface area contributed by atoms with Gasteiger partial charge < -0.3 is 25.1 Å². The Hall–Kier alpha value is -1.79. The summed E-state index contributed by atoms with van der Waals surface area (Å²) in [6.07, 6.45) is 7.02. The quantitative estimate of drug-likeness (QED) is 0.601. The van der Waals surface area contributed by atoms with Gasteiger partial charge in [0.05, 0.1) is 0 Å². The lowest BCUT2D eigenvalue weighted by Crippen LogP contribution is -2.42. The van der Waals surface area contributed by atoms with E-state index in [2.05, 4.69) is 5.32 Å². The number of carbonyl (C=O) groups is 1. The lowest BCUT2D eigenvalue weighted by molar-refractivity contribution is 0.0184. The lowest BCUT2D eigenvalue weighted by Gasteiger charge is -2.33. The molecule has 1 aromatic rings. The van der Waals surface area contributed by atoms with Crippen LogP contribution in [0, 0.1) is 11.3 Å². The van der Waals surface area contributed by atoms with Gasteiger partial charge in [-0.25, -0.2) is 4.79 Å². The molecule has 2 aliphatic rings. The summed E-state index contributed by atoms with van der Waals surface area (Å²) in [7, 11) is 0. The summed E-state index contributed by atoms with van der Waals surface area (Å²) in [6.45, 7) is 7.82. The average Bonchev–Trinajstić information content (AvgIpc) is 2.68. The van der Waals surface area contributed by atoms with Crippen LogP contribution in [0.3, 0.4) is 0 Å². The third-order valence-electron chi connectivity index (χ3n) is 5.65. The Kier molecular flexibility index (Phi) is 7.64. The van der Waals surface area contributed by atoms with Crippen LogP contribution in [0.4, 0.5) is 10.5 Å². The van der Waals surface area contributed by atoms with Gasteiger partial charge in [0.25, 0.3) is 0 Å². The molecule has 2 aliphatic heterocycles. The summed E-state index contributed by atoms with van der Waals surface area (Å²) in [5.74, 6) is 0.444. The van der Waals surface area contributed by atoms with Gasteiger partial charge in [-0.05, 0) is 82.9 Å². The number of nitrogens with zero attached hydrogens (tertiary/aromatic N) is 1. The van der Waals surface area contributed by atoms with E-state index in [4.69, 9.17) is 26.5 Å². The molecule has 0 spiro atoms. The van der Waals surface area contributed by atoms with Crippen LogP contribution in [0.25, 0.3) is 0 Å². The number of hydrogen-bond donors (Lipinski definition) is 2. The highest BCUT2D eigenvalue weighted by Gasteiger charge is 2.27. The van der Waals surface area contributed by atoms with Crippen LogP contribution in [-0.4, -0.2) is 48.7 Å². The van der Waals surface area contributed by atoms with Gasteiger partial charge in [0.2, 0.25) is 0 Å². The number of halogens is 1. The number of rotatable bonds is 5. The number of amides is 1. The predicted octanol–water partition coefficient (Wildman–Crippen LogP) is 5.47. The van der Waals surface area contributed by atoms with E-state index in [0.29, 0.717) is 24.0 Å². The minimum absolute atomic E-state index is 0.0270. The normalized spacial score (nSPS) is 20.7. The fraction of sp³-hybridized carbons (Fsp3) is 0.652. The molecule has 30 heavy (non-hydrogen) atoms. The molecule has 1 aromatic carbocycles. The molecule has 166 valence electrons. The molecule has 6 nitrogen and oxygen atoms in total. The largest absolute Gasteiger partial charge is 0.444 e.